The number of hydrogen-bond donors (Lipinski definition) is 1. The van der Waals surface area contributed by atoms with Gasteiger partial charge in [0.05, 0.1) is 24.7 Å². The fourth-order valence-corrected chi connectivity index (χ4v) is 2.14. The Kier molecular flexibility index (Phi) is 4.54. The van der Waals surface area contributed by atoms with E-state index in [-0.39, 0.29) is 0 Å². The average molecular weight is 250 g/mol. The first-order valence-electron chi connectivity index (χ1n) is 5.31. The van der Waals surface area contributed by atoms with E-state index >= 15 is 0 Å². The summed E-state index contributed by atoms with van der Waals surface area (Å²) < 4.78 is 4.96. The largest absolute Gasteiger partial charge is 0.383 e. The Labute approximate surface area is 104 Å². The van der Waals surface area contributed by atoms with Crippen LogP contribution in [0.1, 0.15) is 5.69 Å². The molecule has 0 aliphatic rings. The second-order valence-electron chi connectivity index (χ2n) is 3.44. The summed E-state index contributed by atoms with van der Waals surface area (Å²) in [5, 5.41) is 13.9. The van der Waals surface area contributed by atoms with E-state index in [0.29, 0.717) is 6.61 Å². The second kappa shape index (κ2) is 6.39. The van der Waals surface area contributed by atoms with Crippen molar-refractivity contribution in [1.29, 1.82) is 0 Å². The van der Waals surface area contributed by atoms with Crippen LogP contribution in [0, 0.1) is 0 Å². The molecule has 0 bridgehead atoms. The van der Waals surface area contributed by atoms with E-state index in [1.807, 2.05) is 6.07 Å². The number of thiazole rings is 1. The van der Waals surface area contributed by atoms with E-state index in [4.69, 9.17) is 4.74 Å². The summed E-state index contributed by atoms with van der Waals surface area (Å²) in [6, 6.07) is 1.91. The molecule has 0 aliphatic carbocycles. The van der Waals surface area contributed by atoms with Crippen LogP contribution < -0.4 is 5.32 Å². The van der Waals surface area contributed by atoms with Crippen LogP contribution in [-0.4, -0.2) is 35.4 Å². The van der Waals surface area contributed by atoms with Crippen molar-refractivity contribution >= 4 is 11.3 Å². The van der Waals surface area contributed by atoms with Crippen LogP contribution in [0.25, 0.3) is 10.6 Å². The van der Waals surface area contributed by atoms with Crippen LogP contribution in [0.2, 0.25) is 0 Å². The molecule has 2 heterocycles. The lowest BCUT2D eigenvalue weighted by Crippen LogP contribution is -2.18. The number of nitrogens with zero attached hydrogens (tertiary/aromatic N) is 3. The molecule has 0 spiro atoms. The molecule has 2 rings (SSSR count). The van der Waals surface area contributed by atoms with Crippen molar-refractivity contribution in [3.05, 3.63) is 29.5 Å². The lowest BCUT2D eigenvalue weighted by molar-refractivity contribution is 0.199. The SMILES string of the molecule is COCCNCc1csc(-c2ccnnc2)n1. The van der Waals surface area contributed by atoms with Gasteiger partial charge >= 0.3 is 0 Å². The summed E-state index contributed by atoms with van der Waals surface area (Å²) >= 11 is 1.62. The summed E-state index contributed by atoms with van der Waals surface area (Å²) in [4.78, 5) is 4.53. The van der Waals surface area contributed by atoms with E-state index in [1.54, 1.807) is 30.8 Å². The van der Waals surface area contributed by atoms with Crippen LogP contribution in [0.4, 0.5) is 0 Å². The average Bonchev–Trinajstić information content (AvgIpc) is 2.85. The van der Waals surface area contributed by atoms with Gasteiger partial charge in [-0.2, -0.15) is 10.2 Å². The molecule has 0 atom stereocenters. The van der Waals surface area contributed by atoms with Crippen LogP contribution in [0.15, 0.2) is 23.8 Å². The molecular formula is C11H14N4OS. The molecule has 2 aromatic rings. The van der Waals surface area contributed by atoms with Crippen molar-refractivity contribution in [3.63, 3.8) is 0 Å². The van der Waals surface area contributed by atoms with Crippen LogP contribution in [0.5, 0.6) is 0 Å². The molecular weight excluding hydrogens is 236 g/mol. The van der Waals surface area contributed by atoms with Gasteiger partial charge in [0.1, 0.15) is 5.01 Å². The van der Waals surface area contributed by atoms with E-state index < -0.39 is 0 Å². The highest BCUT2D eigenvalue weighted by Gasteiger charge is 2.04. The Morgan fingerprint density at radius 2 is 2.35 bits per heavy atom. The van der Waals surface area contributed by atoms with Gasteiger partial charge in [-0.3, -0.25) is 0 Å². The van der Waals surface area contributed by atoms with Crippen molar-refractivity contribution in [2.45, 2.75) is 6.54 Å². The molecule has 1 N–H and O–H groups in total. The Balaban J connectivity index is 1.92. The van der Waals surface area contributed by atoms with Crippen LogP contribution in [-0.2, 0) is 11.3 Å². The number of rotatable bonds is 6. The minimum Gasteiger partial charge on any atom is -0.383 e. The molecule has 2 aromatic heterocycles. The third kappa shape index (κ3) is 3.55. The first-order valence-corrected chi connectivity index (χ1v) is 6.19. The highest BCUT2D eigenvalue weighted by molar-refractivity contribution is 7.13. The first kappa shape index (κ1) is 12.1. The van der Waals surface area contributed by atoms with Gasteiger partial charge in [0.25, 0.3) is 0 Å². The minimum atomic E-state index is 0.714. The summed E-state index contributed by atoms with van der Waals surface area (Å²) in [6.45, 7) is 2.31. The molecule has 0 aliphatic heterocycles. The minimum absolute atomic E-state index is 0.714. The van der Waals surface area contributed by atoms with Crippen molar-refractivity contribution in [2.24, 2.45) is 0 Å². The van der Waals surface area contributed by atoms with Gasteiger partial charge in [0, 0.05) is 31.1 Å². The van der Waals surface area contributed by atoms with Crippen LogP contribution in [0.3, 0.4) is 0 Å². The van der Waals surface area contributed by atoms with E-state index in [9.17, 15) is 0 Å². The molecule has 0 unspecified atom stereocenters. The molecule has 5 nitrogen and oxygen atoms in total. The fourth-order valence-electron chi connectivity index (χ4n) is 1.33. The van der Waals surface area contributed by atoms with Gasteiger partial charge < -0.3 is 10.1 Å². The van der Waals surface area contributed by atoms with Crippen molar-refractivity contribution in [1.82, 2.24) is 20.5 Å². The van der Waals surface area contributed by atoms with Gasteiger partial charge in [-0.25, -0.2) is 4.98 Å². The number of hydrogen-bond acceptors (Lipinski definition) is 6. The second-order valence-corrected chi connectivity index (χ2v) is 4.30. The molecule has 6 heteroatoms. The summed E-state index contributed by atoms with van der Waals surface area (Å²) in [7, 11) is 1.69. The lowest BCUT2D eigenvalue weighted by Gasteiger charge is -2.00. The predicted octanol–water partition coefficient (Wildman–Crippen LogP) is 1.34. The molecule has 0 radical (unpaired) electrons. The fraction of sp³-hybridized carbons (Fsp3) is 0.364. The number of aromatic nitrogens is 3. The van der Waals surface area contributed by atoms with Gasteiger partial charge in [-0.15, -0.1) is 11.3 Å². The highest BCUT2D eigenvalue weighted by atomic mass is 32.1. The molecule has 17 heavy (non-hydrogen) atoms. The lowest BCUT2D eigenvalue weighted by atomic mass is 10.3. The van der Waals surface area contributed by atoms with Gasteiger partial charge in [0.2, 0.25) is 0 Å². The smallest absolute Gasteiger partial charge is 0.125 e. The monoisotopic (exact) mass is 250 g/mol. The highest BCUT2D eigenvalue weighted by Crippen LogP contribution is 2.21. The Morgan fingerprint density at radius 1 is 1.41 bits per heavy atom. The first-order chi connectivity index (χ1) is 8.40. The van der Waals surface area contributed by atoms with E-state index in [1.165, 1.54) is 0 Å². The van der Waals surface area contributed by atoms with E-state index in [0.717, 1.165) is 29.4 Å². The maximum atomic E-state index is 4.96. The zero-order valence-corrected chi connectivity index (χ0v) is 10.4. The van der Waals surface area contributed by atoms with Crippen molar-refractivity contribution in [2.75, 3.05) is 20.3 Å². The maximum Gasteiger partial charge on any atom is 0.125 e. The quantitative estimate of drug-likeness (QED) is 0.784. The molecule has 0 aromatic carbocycles. The third-order valence-electron chi connectivity index (χ3n) is 2.17. The zero-order valence-electron chi connectivity index (χ0n) is 9.59. The van der Waals surface area contributed by atoms with Crippen molar-refractivity contribution < 1.29 is 4.74 Å². The Bertz CT molecular complexity index is 446. The number of ether oxygens (including phenoxy) is 1. The Morgan fingerprint density at radius 3 is 3.12 bits per heavy atom. The molecule has 0 saturated carbocycles. The van der Waals surface area contributed by atoms with Crippen molar-refractivity contribution in [3.8, 4) is 10.6 Å². The zero-order chi connectivity index (χ0) is 11.9. The van der Waals surface area contributed by atoms with Gasteiger partial charge in [-0.05, 0) is 6.07 Å². The number of nitrogens with one attached hydrogen (secondary N) is 1. The van der Waals surface area contributed by atoms with Gasteiger partial charge in [0.15, 0.2) is 0 Å². The number of methoxy groups -OCH3 is 1. The van der Waals surface area contributed by atoms with Gasteiger partial charge in [-0.1, -0.05) is 0 Å². The standard InChI is InChI=1S/C11H14N4OS/c1-16-5-4-12-7-10-8-17-11(15-10)9-2-3-13-14-6-9/h2-3,6,8,12H,4-5,7H2,1H3. The molecule has 0 fully saturated rings. The van der Waals surface area contributed by atoms with Crippen LogP contribution >= 0.6 is 11.3 Å². The Hall–Kier alpha value is -1.37. The summed E-state index contributed by atoms with van der Waals surface area (Å²) in [5.74, 6) is 0. The predicted molar refractivity (Wildman–Crippen MR) is 66.7 cm³/mol. The maximum absolute atomic E-state index is 4.96. The summed E-state index contributed by atoms with van der Waals surface area (Å²) in [5.41, 5.74) is 2.05. The molecule has 90 valence electrons. The molecule has 0 saturated heterocycles. The van der Waals surface area contributed by atoms with E-state index in [2.05, 4.69) is 25.9 Å². The topological polar surface area (TPSA) is 59.9 Å². The molecule has 0 amide bonds. The third-order valence-corrected chi connectivity index (χ3v) is 3.11. The summed E-state index contributed by atoms with van der Waals surface area (Å²) in [6.07, 6.45) is 3.40. The normalized spacial score (nSPS) is 10.6.